The molecule has 1 aliphatic carbocycles. The number of rotatable bonds is 7. The Balaban J connectivity index is 1.93. The fourth-order valence-electron chi connectivity index (χ4n) is 2.67. The van der Waals surface area contributed by atoms with Crippen LogP contribution in [0.25, 0.3) is 0 Å². The lowest BCUT2D eigenvalue weighted by Gasteiger charge is -2.41. The van der Waals surface area contributed by atoms with Gasteiger partial charge in [0.1, 0.15) is 5.75 Å². The number of nitrogens with one attached hydrogen (secondary N) is 1. The summed E-state index contributed by atoms with van der Waals surface area (Å²) >= 11 is 0. The monoisotopic (exact) mass is 345 g/mol. The highest BCUT2D eigenvalue weighted by Gasteiger charge is 2.40. The minimum absolute atomic E-state index is 0.0292. The van der Waals surface area contributed by atoms with Gasteiger partial charge in [-0.25, -0.2) is 0 Å². The number of alkyl halides is 3. The third-order valence-corrected chi connectivity index (χ3v) is 3.87. The largest absolute Gasteiger partial charge is 0.484 e. The van der Waals surface area contributed by atoms with Crippen molar-refractivity contribution in [1.82, 2.24) is 5.32 Å². The molecule has 2 N–H and O–H groups in total. The normalized spacial score (nSPS) is 16.1. The van der Waals surface area contributed by atoms with Gasteiger partial charge in [0.2, 0.25) is 5.91 Å². The molecule has 2 rings (SSSR count). The van der Waals surface area contributed by atoms with Crippen LogP contribution in [0.3, 0.4) is 0 Å². The predicted molar refractivity (Wildman–Crippen MR) is 78.7 cm³/mol. The first kappa shape index (κ1) is 18.1. The second-order valence-corrected chi connectivity index (χ2v) is 5.98. The van der Waals surface area contributed by atoms with Crippen LogP contribution in [0.5, 0.6) is 5.75 Å². The van der Waals surface area contributed by atoms with E-state index in [0.29, 0.717) is 18.4 Å². The van der Waals surface area contributed by atoms with Crippen molar-refractivity contribution in [3.05, 3.63) is 29.8 Å². The first-order valence-electron chi connectivity index (χ1n) is 7.49. The first-order valence-corrected chi connectivity index (χ1v) is 7.49. The van der Waals surface area contributed by atoms with Crippen LogP contribution in [-0.4, -0.2) is 35.3 Å². The van der Waals surface area contributed by atoms with Crippen LogP contribution >= 0.6 is 0 Å². The van der Waals surface area contributed by atoms with Gasteiger partial charge in [-0.1, -0.05) is 12.1 Å². The summed E-state index contributed by atoms with van der Waals surface area (Å²) in [5, 5.41) is 11.7. The van der Waals surface area contributed by atoms with Crippen molar-refractivity contribution in [2.45, 2.75) is 43.8 Å². The number of halogens is 3. The summed E-state index contributed by atoms with van der Waals surface area (Å²) < 4.78 is 41.1. The molecule has 1 aromatic rings. The molecule has 0 aliphatic heterocycles. The number of benzene rings is 1. The SMILES string of the molecule is O=C(O)CC1(NC(=O)Cc2cccc(OCC(F)(F)F)c2)CCC1. The Kier molecular flexibility index (Phi) is 5.36. The van der Waals surface area contributed by atoms with Crippen molar-refractivity contribution < 1.29 is 32.6 Å². The lowest BCUT2D eigenvalue weighted by molar-refractivity contribution is -0.153. The summed E-state index contributed by atoms with van der Waals surface area (Å²) in [5.41, 5.74) is -0.204. The van der Waals surface area contributed by atoms with Crippen LogP contribution in [0.2, 0.25) is 0 Å². The van der Waals surface area contributed by atoms with E-state index < -0.39 is 24.3 Å². The van der Waals surface area contributed by atoms with E-state index in [1.54, 1.807) is 6.07 Å². The third-order valence-electron chi connectivity index (χ3n) is 3.87. The number of carboxylic acid groups (broad SMARTS) is 1. The zero-order valence-electron chi connectivity index (χ0n) is 12.9. The summed E-state index contributed by atoms with van der Waals surface area (Å²) in [4.78, 5) is 23.0. The highest BCUT2D eigenvalue weighted by atomic mass is 19.4. The van der Waals surface area contributed by atoms with Gasteiger partial charge in [0.05, 0.1) is 18.4 Å². The Morgan fingerprint density at radius 3 is 2.54 bits per heavy atom. The van der Waals surface area contributed by atoms with Crippen molar-refractivity contribution in [1.29, 1.82) is 0 Å². The Labute approximate surface area is 136 Å². The molecule has 0 heterocycles. The number of aliphatic carboxylic acids is 1. The second kappa shape index (κ2) is 7.11. The highest BCUT2D eigenvalue weighted by Crippen LogP contribution is 2.35. The average molecular weight is 345 g/mol. The summed E-state index contributed by atoms with van der Waals surface area (Å²) in [6, 6.07) is 5.86. The molecule has 1 aromatic carbocycles. The molecule has 132 valence electrons. The summed E-state index contributed by atoms with van der Waals surface area (Å²) in [6.07, 6.45) is -2.53. The molecular formula is C16H18F3NO4. The maximum atomic E-state index is 12.2. The molecule has 0 spiro atoms. The minimum Gasteiger partial charge on any atom is -0.484 e. The van der Waals surface area contributed by atoms with Gasteiger partial charge in [-0.05, 0) is 37.0 Å². The molecule has 5 nitrogen and oxygen atoms in total. The Morgan fingerprint density at radius 1 is 1.29 bits per heavy atom. The average Bonchev–Trinajstić information content (AvgIpc) is 2.42. The van der Waals surface area contributed by atoms with Crippen LogP contribution in [0.15, 0.2) is 24.3 Å². The van der Waals surface area contributed by atoms with Crippen molar-refractivity contribution >= 4 is 11.9 Å². The van der Waals surface area contributed by atoms with Gasteiger partial charge in [0.15, 0.2) is 6.61 Å². The zero-order chi connectivity index (χ0) is 17.8. The maximum Gasteiger partial charge on any atom is 0.422 e. The molecule has 0 aromatic heterocycles. The van der Waals surface area contributed by atoms with Gasteiger partial charge in [0, 0.05) is 0 Å². The summed E-state index contributed by atoms with van der Waals surface area (Å²) in [5.74, 6) is -1.30. The molecule has 1 amide bonds. The lowest BCUT2D eigenvalue weighted by atomic mass is 9.74. The lowest BCUT2D eigenvalue weighted by Crippen LogP contribution is -2.55. The minimum atomic E-state index is -4.43. The van der Waals surface area contributed by atoms with Crippen molar-refractivity contribution in [3.63, 3.8) is 0 Å². The maximum absolute atomic E-state index is 12.2. The fourth-order valence-corrected chi connectivity index (χ4v) is 2.67. The van der Waals surface area contributed by atoms with Crippen molar-refractivity contribution in [2.75, 3.05) is 6.61 Å². The van der Waals surface area contributed by atoms with Crippen LogP contribution < -0.4 is 10.1 Å². The zero-order valence-corrected chi connectivity index (χ0v) is 12.9. The predicted octanol–water partition coefficient (Wildman–Crippen LogP) is 2.68. The number of hydrogen-bond donors (Lipinski definition) is 2. The van der Waals surface area contributed by atoms with E-state index >= 15 is 0 Å². The van der Waals surface area contributed by atoms with Gasteiger partial charge in [-0.2, -0.15) is 13.2 Å². The van der Waals surface area contributed by atoms with Crippen molar-refractivity contribution in [3.8, 4) is 5.75 Å². The molecule has 8 heteroatoms. The number of carboxylic acids is 1. The van der Waals surface area contributed by atoms with Crippen LogP contribution in [0.4, 0.5) is 13.2 Å². The van der Waals surface area contributed by atoms with E-state index in [0.717, 1.165) is 6.42 Å². The van der Waals surface area contributed by atoms with Gasteiger partial charge in [-0.3, -0.25) is 9.59 Å². The van der Waals surface area contributed by atoms with E-state index in [9.17, 15) is 22.8 Å². The Hall–Kier alpha value is -2.25. The molecule has 0 saturated heterocycles. The van der Waals surface area contributed by atoms with Gasteiger partial charge in [-0.15, -0.1) is 0 Å². The van der Waals surface area contributed by atoms with Gasteiger partial charge in [0.25, 0.3) is 0 Å². The van der Waals surface area contributed by atoms with Crippen LogP contribution in [0.1, 0.15) is 31.2 Å². The van der Waals surface area contributed by atoms with E-state index in [-0.39, 0.29) is 24.5 Å². The smallest absolute Gasteiger partial charge is 0.422 e. The molecule has 0 bridgehead atoms. The third kappa shape index (κ3) is 5.43. The number of amides is 1. The molecule has 0 radical (unpaired) electrons. The Morgan fingerprint density at radius 2 is 2.00 bits per heavy atom. The highest BCUT2D eigenvalue weighted by molar-refractivity contribution is 5.80. The molecule has 0 unspecified atom stereocenters. The van der Waals surface area contributed by atoms with Gasteiger partial charge >= 0.3 is 12.1 Å². The number of hydrogen-bond acceptors (Lipinski definition) is 3. The van der Waals surface area contributed by atoms with Crippen LogP contribution in [-0.2, 0) is 16.0 Å². The number of carbonyl (C=O) groups is 2. The first-order chi connectivity index (χ1) is 11.2. The topological polar surface area (TPSA) is 75.6 Å². The standard InChI is InChI=1S/C16H18F3NO4/c17-16(18,19)10-24-12-4-1-3-11(7-12)8-13(21)20-15(5-2-6-15)9-14(22)23/h1,3-4,7H,2,5-6,8-10H2,(H,20,21)(H,22,23). The van der Waals surface area contributed by atoms with Crippen molar-refractivity contribution in [2.24, 2.45) is 0 Å². The molecular weight excluding hydrogens is 327 g/mol. The fraction of sp³-hybridized carbons (Fsp3) is 0.500. The number of ether oxygens (including phenoxy) is 1. The second-order valence-electron chi connectivity index (χ2n) is 5.98. The van der Waals surface area contributed by atoms with E-state index in [4.69, 9.17) is 5.11 Å². The van der Waals surface area contributed by atoms with E-state index in [1.165, 1.54) is 18.2 Å². The molecule has 24 heavy (non-hydrogen) atoms. The molecule has 0 atom stereocenters. The Bertz CT molecular complexity index is 612. The molecule has 1 fully saturated rings. The van der Waals surface area contributed by atoms with E-state index in [2.05, 4.69) is 10.1 Å². The molecule has 1 saturated carbocycles. The van der Waals surface area contributed by atoms with E-state index in [1.807, 2.05) is 0 Å². The quantitative estimate of drug-likeness (QED) is 0.797. The number of carbonyl (C=O) groups excluding carboxylic acids is 1. The summed E-state index contributed by atoms with van der Waals surface area (Å²) in [6.45, 7) is -1.40. The summed E-state index contributed by atoms with van der Waals surface area (Å²) in [7, 11) is 0. The molecule has 1 aliphatic rings. The van der Waals surface area contributed by atoms with Crippen LogP contribution in [0, 0.1) is 0 Å². The van der Waals surface area contributed by atoms with Gasteiger partial charge < -0.3 is 15.2 Å².